The third-order valence-electron chi connectivity index (χ3n) is 3.17. The summed E-state index contributed by atoms with van der Waals surface area (Å²) in [5, 5.41) is 4.21. The number of aromatic nitrogens is 1. The number of carbonyl (C=O) groups excluding carboxylic acids is 1. The highest BCUT2D eigenvalue weighted by atomic mass is 35.5. The summed E-state index contributed by atoms with van der Waals surface area (Å²) in [5.74, 6) is -0.276. The van der Waals surface area contributed by atoms with Gasteiger partial charge in [0.1, 0.15) is 0 Å². The Morgan fingerprint density at radius 3 is 2.71 bits per heavy atom. The van der Waals surface area contributed by atoms with Crippen molar-refractivity contribution in [1.29, 1.82) is 0 Å². The predicted octanol–water partition coefficient (Wildman–Crippen LogP) is 3.72. The molecule has 1 heterocycles. The van der Waals surface area contributed by atoms with E-state index < -0.39 is 0 Å². The Kier molecular flexibility index (Phi) is 3.46. The van der Waals surface area contributed by atoms with Crippen LogP contribution < -0.4 is 11.1 Å². The second-order valence-corrected chi connectivity index (χ2v) is 4.94. The molecule has 1 amide bonds. The van der Waals surface area contributed by atoms with Crippen molar-refractivity contribution in [3.05, 3.63) is 65.3 Å². The smallest absolute Gasteiger partial charge is 0.257 e. The number of nitrogens with one attached hydrogen (secondary N) is 1. The van der Waals surface area contributed by atoms with Gasteiger partial charge in [0.25, 0.3) is 5.91 Å². The van der Waals surface area contributed by atoms with Crippen molar-refractivity contribution in [2.24, 2.45) is 0 Å². The van der Waals surface area contributed by atoms with E-state index >= 15 is 0 Å². The summed E-state index contributed by atoms with van der Waals surface area (Å²) in [4.78, 5) is 16.6. The van der Waals surface area contributed by atoms with Crippen LogP contribution >= 0.6 is 11.6 Å². The van der Waals surface area contributed by atoms with Crippen molar-refractivity contribution in [2.75, 3.05) is 11.1 Å². The van der Waals surface area contributed by atoms with E-state index in [2.05, 4.69) is 10.3 Å². The van der Waals surface area contributed by atoms with Crippen molar-refractivity contribution < 1.29 is 4.79 Å². The first-order chi connectivity index (χ1) is 10.2. The number of nitrogens with zero attached hydrogens (tertiary/aromatic N) is 1. The molecule has 104 valence electrons. The number of hydrogen-bond donors (Lipinski definition) is 2. The summed E-state index contributed by atoms with van der Waals surface area (Å²) in [6.45, 7) is 0. The number of fused-ring (bicyclic) bond motifs is 1. The van der Waals surface area contributed by atoms with Crippen molar-refractivity contribution in [3.63, 3.8) is 0 Å². The average molecular weight is 298 g/mol. The second-order valence-electron chi connectivity index (χ2n) is 4.54. The molecule has 0 aliphatic heterocycles. The zero-order valence-electron chi connectivity index (χ0n) is 11.0. The molecule has 0 aliphatic rings. The summed E-state index contributed by atoms with van der Waals surface area (Å²) < 4.78 is 0. The lowest BCUT2D eigenvalue weighted by Gasteiger charge is -2.10. The zero-order chi connectivity index (χ0) is 14.8. The molecule has 0 saturated carbocycles. The Bertz CT molecular complexity index is 833. The van der Waals surface area contributed by atoms with Gasteiger partial charge in [0.15, 0.2) is 0 Å². The van der Waals surface area contributed by atoms with Gasteiger partial charge in [0.2, 0.25) is 0 Å². The van der Waals surface area contributed by atoms with Gasteiger partial charge in [0.05, 0.1) is 21.8 Å². The molecule has 0 unspecified atom stereocenters. The molecule has 0 saturated heterocycles. The Balaban J connectivity index is 2.01. The molecular formula is C16H12ClN3O. The molecule has 0 fully saturated rings. The maximum absolute atomic E-state index is 12.3. The molecule has 21 heavy (non-hydrogen) atoms. The topological polar surface area (TPSA) is 68.0 Å². The number of hydrogen-bond acceptors (Lipinski definition) is 3. The normalized spacial score (nSPS) is 10.5. The van der Waals surface area contributed by atoms with E-state index in [0.29, 0.717) is 27.5 Å². The highest BCUT2D eigenvalue weighted by Gasteiger charge is 2.12. The van der Waals surface area contributed by atoms with E-state index in [-0.39, 0.29) is 5.91 Å². The standard InChI is InChI=1S/C16H12ClN3O/c17-12-7-8-14(15-10(12)5-3-9-19-15)20-16(21)11-4-1-2-6-13(11)18/h1-9H,18H2,(H,20,21). The molecule has 0 spiro atoms. The molecular weight excluding hydrogens is 286 g/mol. The fourth-order valence-electron chi connectivity index (χ4n) is 2.13. The van der Waals surface area contributed by atoms with E-state index in [4.69, 9.17) is 17.3 Å². The predicted molar refractivity (Wildman–Crippen MR) is 85.6 cm³/mol. The molecule has 4 nitrogen and oxygen atoms in total. The summed E-state index contributed by atoms with van der Waals surface area (Å²) in [5.41, 5.74) is 7.92. The molecule has 0 radical (unpaired) electrons. The molecule has 0 atom stereocenters. The van der Waals surface area contributed by atoms with Crippen LogP contribution in [0.1, 0.15) is 10.4 Å². The molecule has 2 aromatic carbocycles. The maximum Gasteiger partial charge on any atom is 0.257 e. The Morgan fingerprint density at radius 1 is 1.10 bits per heavy atom. The Hall–Kier alpha value is -2.59. The molecule has 0 bridgehead atoms. The number of anilines is 2. The fourth-order valence-corrected chi connectivity index (χ4v) is 2.35. The Morgan fingerprint density at radius 2 is 1.90 bits per heavy atom. The lowest BCUT2D eigenvalue weighted by molar-refractivity contribution is 0.102. The van der Waals surface area contributed by atoms with E-state index in [1.165, 1.54) is 0 Å². The van der Waals surface area contributed by atoms with Crippen LogP contribution in [-0.4, -0.2) is 10.9 Å². The van der Waals surface area contributed by atoms with E-state index in [9.17, 15) is 4.79 Å². The van der Waals surface area contributed by atoms with E-state index in [0.717, 1.165) is 5.39 Å². The third-order valence-corrected chi connectivity index (χ3v) is 3.50. The number of nitrogens with two attached hydrogens (primary N) is 1. The van der Waals surface area contributed by atoms with E-state index in [1.807, 2.05) is 6.07 Å². The largest absolute Gasteiger partial charge is 0.398 e. The first-order valence-electron chi connectivity index (χ1n) is 6.36. The molecule has 3 N–H and O–H groups in total. The number of para-hydroxylation sites is 1. The van der Waals surface area contributed by atoms with Crippen LogP contribution in [0.4, 0.5) is 11.4 Å². The van der Waals surface area contributed by atoms with Gasteiger partial charge in [-0.05, 0) is 36.4 Å². The minimum absolute atomic E-state index is 0.276. The third kappa shape index (κ3) is 2.53. The lowest BCUT2D eigenvalue weighted by atomic mass is 10.1. The first-order valence-corrected chi connectivity index (χ1v) is 6.73. The van der Waals surface area contributed by atoms with Crippen LogP contribution in [0, 0.1) is 0 Å². The SMILES string of the molecule is Nc1ccccc1C(=O)Nc1ccc(Cl)c2cccnc12. The molecule has 0 aliphatic carbocycles. The number of benzene rings is 2. The number of nitrogen functional groups attached to an aromatic ring is 1. The van der Waals surface area contributed by atoms with Crippen LogP contribution in [-0.2, 0) is 0 Å². The van der Waals surface area contributed by atoms with Gasteiger partial charge in [0, 0.05) is 17.3 Å². The van der Waals surface area contributed by atoms with Crippen molar-refractivity contribution in [3.8, 4) is 0 Å². The van der Waals surface area contributed by atoms with Crippen LogP contribution in [0.25, 0.3) is 10.9 Å². The number of halogens is 1. The summed E-state index contributed by atoms with van der Waals surface area (Å²) in [6, 6.07) is 14.0. The summed E-state index contributed by atoms with van der Waals surface area (Å²) >= 11 is 6.14. The molecule has 3 aromatic rings. The van der Waals surface area contributed by atoms with Crippen molar-refractivity contribution in [2.45, 2.75) is 0 Å². The second kappa shape index (κ2) is 5.42. The van der Waals surface area contributed by atoms with E-state index in [1.54, 1.807) is 48.7 Å². The van der Waals surface area contributed by atoms with Gasteiger partial charge in [-0.15, -0.1) is 0 Å². The molecule has 5 heteroatoms. The minimum Gasteiger partial charge on any atom is -0.398 e. The fraction of sp³-hybridized carbons (Fsp3) is 0. The van der Waals surface area contributed by atoms with Gasteiger partial charge < -0.3 is 11.1 Å². The minimum atomic E-state index is -0.276. The summed E-state index contributed by atoms with van der Waals surface area (Å²) in [6.07, 6.45) is 1.66. The average Bonchev–Trinajstić information content (AvgIpc) is 2.51. The number of rotatable bonds is 2. The molecule has 3 rings (SSSR count). The number of pyridine rings is 1. The van der Waals surface area contributed by atoms with Crippen LogP contribution in [0.15, 0.2) is 54.7 Å². The van der Waals surface area contributed by atoms with Crippen LogP contribution in [0.3, 0.4) is 0 Å². The first kappa shape index (κ1) is 13.4. The molecule has 1 aromatic heterocycles. The van der Waals surface area contributed by atoms with Gasteiger partial charge in [-0.1, -0.05) is 23.7 Å². The summed E-state index contributed by atoms with van der Waals surface area (Å²) in [7, 11) is 0. The number of amides is 1. The van der Waals surface area contributed by atoms with Crippen molar-refractivity contribution in [1.82, 2.24) is 4.98 Å². The van der Waals surface area contributed by atoms with Crippen molar-refractivity contribution >= 4 is 39.8 Å². The quantitative estimate of drug-likeness (QED) is 0.708. The monoisotopic (exact) mass is 297 g/mol. The highest BCUT2D eigenvalue weighted by Crippen LogP contribution is 2.28. The van der Waals surface area contributed by atoms with Gasteiger partial charge in [-0.3, -0.25) is 9.78 Å². The number of carbonyl (C=O) groups is 1. The Labute approximate surface area is 126 Å². The maximum atomic E-state index is 12.3. The van der Waals surface area contributed by atoms with Gasteiger partial charge in [-0.25, -0.2) is 0 Å². The van der Waals surface area contributed by atoms with Gasteiger partial charge in [-0.2, -0.15) is 0 Å². The van der Waals surface area contributed by atoms with Gasteiger partial charge >= 0.3 is 0 Å². The van der Waals surface area contributed by atoms with Crippen LogP contribution in [0.2, 0.25) is 5.02 Å². The highest BCUT2D eigenvalue weighted by molar-refractivity contribution is 6.36. The lowest BCUT2D eigenvalue weighted by Crippen LogP contribution is -2.14. The van der Waals surface area contributed by atoms with Crippen LogP contribution in [0.5, 0.6) is 0 Å². The zero-order valence-corrected chi connectivity index (χ0v) is 11.8.